The number of benzene rings is 6. The van der Waals surface area contributed by atoms with Crippen molar-refractivity contribution in [1.82, 2.24) is 0 Å². The zero-order valence-electron chi connectivity index (χ0n) is 28.5. The van der Waals surface area contributed by atoms with Crippen molar-refractivity contribution in [2.24, 2.45) is 0 Å². The van der Waals surface area contributed by atoms with Gasteiger partial charge in [0.25, 0.3) is 0 Å². The lowest BCUT2D eigenvalue weighted by Crippen LogP contribution is -2.38. The molecule has 0 bridgehead atoms. The van der Waals surface area contributed by atoms with Crippen LogP contribution < -0.4 is 41.6 Å². The number of hydrogen-bond acceptors (Lipinski definition) is 2. The Kier molecular flexibility index (Phi) is 8.30. The number of fused-ring (bicyclic) bond motifs is 4. The molecule has 0 N–H and O–H groups in total. The molecule has 6 aromatic carbocycles. The lowest BCUT2D eigenvalue weighted by atomic mass is 10.1. The molecule has 1 heterocycles. The van der Waals surface area contributed by atoms with Crippen LogP contribution in [0.4, 0.5) is 22.7 Å². The molecule has 0 saturated heterocycles. The zero-order valence-corrected chi connectivity index (χ0v) is 30.3. The van der Waals surface area contributed by atoms with Gasteiger partial charge in [0.15, 0.2) is 0 Å². The van der Waals surface area contributed by atoms with Crippen LogP contribution in [0.1, 0.15) is 22.3 Å². The normalized spacial score (nSPS) is 17.5. The molecule has 234 valence electrons. The van der Waals surface area contributed by atoms with E-state index in [2.05, 4.69) is 192 Å². The average molecular weight is 650 g/mol. The second-order valence-electron chi connectivity index (χ2n) is 13.1. The van der Waals surface area contributed by atoms with E-state index in [1.807, 2.05) is 0 Å². The summed E-state index contributed by atoms with van der Waals surface area (Å²) >= 11 is 0. The molecule has 0 atom stereocenters. The number of hydrogen-bond donors (Lipinski definition) is 0. The number of anilines is 4. The molecule has 0 aliphatic carbocycles. The first-order valence-corrected chi connectivity index (χ1v) is 19.9. The second-order valence-corrected chi connectivity index (χ2v) is 18.7. The fraction of sp³-hybridized carbons (Fsp3) is 0.163. The molecule has 0 amide bonds. The van der Waals surface area contributed by atoms with Crippen molar-refractivity contribution < 1.29 is 0 Å². The van der Waals surface area contributed by atoms with Crippen molar-refractivity contribution in [1.29, 1.82) is 0 Å². The highest BCUT2D eigenvalue weighted by atomic mass is 31.2. The van der Waals surface area contributed by atoms with Gasteiger partial charge < -0.3 is 9.80 Å². The summed E-state index contributed by atoms with van der Waals surface area (Å²) in [5.41, 5.74) is 10.2. The van der Waals surface area contributed by atoms with Gasteiger partial charge >= 0.3 is 0 Å². The van der Waals surface area contributed by atoms with Gasteiger partial charge in [-0.25, -0.2) is 0 Å². The van der Waals surface area contributed by atoms with Crippen LogP contribution in [0, 0.1) is 27.7 Å². The molecule has 1 aliphatic heterocycles. The van der Waals surface area contributed by atoms with Crippen molar-refractivity contribution in [2.45, 2.75) is 27.7 Å². The highest BCUT2D eigenvalue weighted by Gasteiger charge is 2.46. The molecule has 0 unspecified atom stereocenters. The summed E-state index contributed by atoms with van der Waals surface area (Å²) in [6.07, 6.45) is 0. The first-order valence-electron chi connectivity index (χ1n) is 16.4. The summed E-state index contributed by atoms with van der Waals surface area (Å²) < 4.78 is 0. The third-order valence-electron chi connectivity index (χ3n) is 9.70. The van der Waals surface area contributed by atoms with E-state index in [4.69, 9.17) is 0 Å². The van der Waals surface area contributed by atoms with Gasteiger partial charge in [0.1, 0.15) is 23.2 Å². The fourth-order valence-corrected chi connectivity index (χ4v) is 13.9. The largest absolute Gasteiger partial charge is 0.341 e. The van der Waals surface area contributed by atoms with Gasteiger partial charge in [0, 0.05) is 36.1 Å². The molecule has 47 heavy (non-hydrogen) atoms. The summed E-state index contributed by atoms with van der Waals surface area (Å²) in [6, 6.07) is 50.8. The number of nitrogens with zero attached hydrogens (tertiary/aromatic N) is 2. The van der Waals surface area contributed by atoms with E-state index in [1.54, 1.807) is 0 Å². The van der Waals surface area contributed by atoms with Crippen LogP contribution in [0.5, 0.6) is 0 Å². The molecular weight excluding hydrogens is 606 g/mol. The lowest BCUT2D eigenvalue weighted by molar-refractivity contribution is 1.21. The molecule has 4 heteroatoms. The maximum atomic E-state index is 2.54. The minimum Gasteiger partial charge on any atom is -0.341 e. The predicted octanol–water partition coefficient (Wildman–Crippen LogP) is 8.45. The van der Waals surface area contributed by atoms with Gasteiger partial charge in [0.2, 0.25) is 0 Å². The van der Waals surface area contributed by atoms with Crippen LogP contribution in [0.2, 0.25) is 0 Å². The van der Waals surface area contributed by atoms with Gasteiger partial charge in [-0.1, -0.05) is 83.9 Å². The monoisotopic (exact) mass is 649 g/mol. The Morgan fingerprint density at radius 1 is 0.447 bits per heavy atom. The topological polar surface area (TPSA) is 6.48 Å². The Labute approximate surface area is 282 Å². The Bertz CT molecular complexity index is 1980. The predicted molar refractivity (Wildman–Crippen MR) is 211 cm³/mol. The van der Waals surface area contributed by atoms with Crippen LogP contribution in [0.15, 0.2) is 133 Å². The van der Waals surface area contributed by atoms with E-state index in [0.717, 1.165) is 0 Å². The van der Waals surface area contributed by atoms with E-state index >= 15 is 0 Å². The molecule has 0 fully saturated rings. The Morgan fingerprint density at radius 3 is 1.28 bits per heavy atom. The summed E-state index contributed by atoms with van der Waals surface area (Å²) in [5, 5.41) is 8.32. The van der Waals surface area contributed by atoms with Crippen LogP contribution in [0.25, 0.3) is 0 Å². The standard InChI is InChI=1S/C43H43N2P2/c1-30-18-22-36-40(26-30)46(34-14-10-8-11-15-34)41-27-31(2)19-23-37(41)45(6)39-25-21-33(4)29-43(39)47(7,35-16-12-9-13-17-35)42-28-32(3)20-24-38(42)44(36)5/h8-29H,1-7H3/q+1. The van der Waals surface area contributed by atoms with Crippen molar-refractivity contribution >= 4 is 69.8 Å². The number of rotatable bonds is 2. The molecule has 2 nitrogen and oxygen atoms in total. The summed E-state index contributed by atoms with van der Waals surface area (Å²) in [5.74, 6) is 0. The minimum atomic E-state index is -2.17. The molecule has 0 aromatic heterocycles. The van der Waals surface area contributed by atoms with E-state index in [9.17, 15) is 0 Å². The first kappa shape index (κ1) is 31.4. The van der Waals surface area contributed by atoms with E-state index in [0.29, 0.717) is 0 Å². The van der Waals surface area contributed by atoms with Crippen molar-refractivity contribution in [2.75, 3.05) is 30.6 Å². The number of aryl methyl sites for hydroxylation is 4. The molecule has 0 radical (unpaired) electrons. The third kappa shape index (κ3) is 5.49. The van der Waals surface area contributed by atoms with Gasteiger partial charge in [0.05, 0.1) is 18.0 Å². The van der Waals surface area contributed by atoms with Crippen molar-refractivity contribution in [3.63, 3.8) is 0 Å². The maximum absolute atomic E-state index is 2.54. The third-order valence-corrected chi connectivity index (χ3v) is 16.2. The first-order chi connectivity index (χ1) is 22.7. The zero-order chi connectivity index (χ0) is 32.9. The SMILES string of the molecule is Cc1ccc2c(c1)P(c1ccccc1)c1cc(C)ccc1N(C)c1ccc(C)cc1[P+](C)(c1ccccc1)c1cc(C)ccc1N2C. The van der Waals surface area contributed by atoms with Crippen LogP contribution >= 0.6 is 15.2 Å². The lowest BCUT2D eigenvalue weighted by Gasteiger charge is -2.36. The molecule has 1 aliphatic rings. The summed E-state index contributed by atoms with van der Waals surface area (Å²) in [4.78, 5) is 4.97. The van der Waals surface area contributed by atoms with Crippen molar-refractivity contribution in [3.05, 3.63) is 156 Å². The van der Waals surface area contributed by atoms with Crippen LogP contribution in [-0.4, -0.2) is 20.8 Å². The fourth-order valence-electron chi connectivity index (χ4n) is 7.12. The van der Waals surface area contributed by atoms with Crippen LogP contribution in [0.3, 0.4) is 0 Å². The van der Waals surface area contributed by atoms with Gasteiger partial charge in [-0.05, 0) is 113 Å². The van der Waals surface area contributed by atoms with E-state index in [1.165, 1.54) is 76.8 Å². The Hall–Kier alpha value is -4.22. The quantitative estimate of drug-likeness (QED) is 0.174. The highest BCUT2D eigenvalue weighted by Crippen LogP contribution is 2.57. The summed E-state index contributed by atoms with van der Waals surface area (Å²) in [6.45, 7) is 11.5. The van der Waals surface area contributed by atoms with E-state index in [-0.39, 0.29) is 0 Å². The maximum Gasteiger partial charge on any atom is 0.128 e. The average Bonchev–Trinajstić information content (AvgIpc) is 3.08. The Morgan fingerprint density at radius 2 is 0.830 bits per heavy atom. The smallest absolute Gasteiger partial charge is 0.128 e. The molecule has 6 aromatic rings. The molecule has 7 rings (SSSR count). The van der Waals surface area contributed by atoms with Crippen molar-refractivity contribution in [3.8, 4) is 0 Å². The van der Waals surface area contributed by atoms with Gasteiger partial charge in [-0.3, -0.25) is 0 Å². The molecular formula is C43H43N2P2+. The highest BCUT2D eigenvalue weighted by molar-refractivity contribution is 7.95. The molecule has 0 saturated carbocycles. The van der Waals surface area contributed by atoms with Gasteiger partial charge in [-0.15, -0.1) is 0 Å². The van der Waals surface area contributed by atoms with Gasteiger partial charge in [-0.2, -0.15) is 0 Å². The Balaban J connectivity index is 1.68. The summed E-state index contributed by atoms with van der Waals surface area (Å²) in [7, 11) is 1.48. The van der Waals surface area contributed by atoms with E-state index < -0.39 is 15.2 Å². The van der Waals surface area contributed by atoms with Crippen LogP contribution in [-0.2, 0) is 0 Å². The molecule has 0 spiro atoms. The minimum absolute atomic E-state index is 0.910. The second kappa shape index (κ2) is 12.4.